The number of aliphatic hydroxyl groups excluding tert-OH is 1. The summed E-state index contributed by atoms with van der Waals surface area (Å²) >= 11 is 0. The lowest BCUT2D eigenvalue weighted by Crippen LogP contribution is -2.47. The Hall–Kier alpha value is -0.423. The predicted octanol–water partition coefficient (Wildman–Crippen LogP) is 2.88. The number of rotatable bonds is 2. The molecule has 1 N–H and O–H groups in total. The van der Waals surface area contributed by atoms with Crippen LogP contribution in [-0.4, -0.2) is 38.8 Å². The Morgan fingerprint density at radius 1 is 1.35 bits per heavy atom. The van der Waals surface area contributed by atoms with Crippen LogP contribution in [0.3, 0.4) is 0 Å². The average molecular weight is 294 g/mol. The van der Waals surface area contributed by atoms with Crippen LogP contribution in [0.4, 0.5) is 0 Å². The molecule has 2 aliphatic carbocycles. The molecular weight excluding hydrogens is 268 g/mol. The molecule has 112 valence electrons. The van der Waals surface area contributed by atoms with Gasteiger partial charge in [0.15, 0.2) is 5.79 Å². The molecule has 4 atom stereocenters. The van der Waals surface area contributed by atoms with E-state index in [4.69, 9.17) is 9.47 Å². The number of methoxy groups -OCH3 is 1. The van der Waals surface area contributed by atoms with Crippen molar-refractivity contribution in [1.29, 1.82) is 0 Å². The number of ether oxygens (including phenoxy) is 2. The van der Waals surface area contributed by atoms with Gasteiger partial charge in [0.1, 0.15) is 0 Å². The van der Waals surface area contributed by atoms with Gasteiger partial charge in [-0.15, -0.1) is 0 Å². The largest absolute Gasteiger partial charge is 0.388 e. The van der Waals surface area contributed by atoms with Crippen molar-refractivity contribution in [2.45, 2.75) is 51.8 Å². The van der Waals surface area contributed by atoms with Crippen molar-refractivity contribution in [3.63, 3.8) is 0 Å². The third-order valence-corrected chi connectivity index (χ3v) is 7.66. The Balaban J connectivity index is 2.21. The standard InChI is InChI=1S/C16H26O3Si/c1-10-7-15-9-19-16(8-10,18-3)13(15)11(2)12(14(15)17)20(4,5)6/h7,13-14,17H,8-9H2,1-6H3/t13-,14+,15-,16+/m1/s1. The topological polar surface area (TPSA) is 38.7 Å². The molecule has 0 aromatic rings. The fourth-order valence-electron chi connectivity index (χ4n) is 4.94. The Morgan fingerprint density at radius 2 is 2.00 bits per heavy atom. The van der Waals surface area contributed by atoms with Crippen LogP contribution < -0.4 is 0 Å². The molecule has 1 fully saturated rings. The van der Waals surface area contributed by atoms with Gasteiger partial charge in [-0.05, 0) is 13.8 Å². The van der Waals surface area contributed by atoms with Crippen LogP contribution in [0.2, 0.25) is 19.6 Å². The second-order valence-corrected chi connectivity index (χ2v) is 12.8. The lowest BCUT2D eigenvalue weighted by Gasteiger charge is -2.41. The summed E-state index contributed by atoms with van der Waals surface area (Å²) < 4.78 is 11.9. The Labute approximate surface area is 122 Å². The molecule has 2 bridgehead atoms. The zero-order valence-corrected chi connectivity index (χ0v) is 14.4. The van der Waals surface area contributed by atoms with Crippen molar-refractivity contribution in [2.24, 2.45) is 11.3 Å². The van der Waals surface area contributed by atoms with E-state index in [1.54, 1.807) is 7.11 Å². The van der Waals surface area contributed by atoms with Gasteiger partial charge in [0, 0.05) is 19.4 Å². The second kappa shape index (κ2) is 4.06. The molecule has 3 rings (SSSR count). The van der Waals surface area contributed by atoms with Crippen molar-refractivity contribution in [1.82, 2.24) is 0 Å². The molecule has 0 aromatic carbocycles. The second-order valence-electron chi connectivity index (χ2n) is 7.77. The molecule has 0 unspecified atom stereocenters. The van der Waals surface area contributed by atoms with E-state index in [2.05, 4.69) is 39.6 Å². The van der Waals surface area contributed by atoms with Crippen molar-refractivity contribution >= 4 is 8.07 Å². The summed E-state index contributed by atoms with van der Waals surface area (Å²) in [5.74, 6) is -0.397. The van der Waals surface area contributed by atoms with Crippen LogP contribution in [0.5, 0.6) is 0 Å². The quantitative estimate of drug-likeness (QED) is 0.629. The normalized spacial score (nSPS) is 43.9. The molecule has 0 radical (unpaired) electrons. The summed E-state index contributed by atoms with van der Waals surface area (Å²) in [6, 6.07) is 0. The molecule has 0 amide bonds. The highest BCUT2D eigenvalue weighted by Gasteiger charge is 2.68. The Morgan fingerprint density at radius 3 is 2.55 bits per heavy atom. The Bertz CT molecular complexity index is 516. The monoisotopic (exact) mass is 294 g/mol. The summed E-state index contributed by atoms with van der Waals surface area (Å²) in [5, 5.41) is 12.4. The SMILES string of the molecule is CO[C@@]12CC(C)=C[C@]3(CO1)[C@@H](O)C([Si](C)(C)C)=C(C)[C@@H]23. The first-order valence-electron chi connectivity index (χ1n) is 7.44. The van der Waals surface area contributed by atoms with Crippen LogP contribution in [0, 0.1) is 11.3 Å². The zero-order chi connectivity index (χ0) is 14.9. The molecule has 1 saturated heterocycles. The number of hydrogen-bond donors (Lipinski definition) is 1. The molecule has 4 heteroatoms. The molecule has 3 nitrogen and oxygen atoms in total. The van der Waals surface area contributed by atoms with E-state index in [1.165, 1.54) is 16.3 Å². The first-order chi connectivity index (χ1) is 9.18. The Kier molecular flexibility index (Phi) is 2.95. The van der Waals surface area contributed by atoms with E-state index in [1.807, 2.05) is 0 Å². The minimum Gasteiger partial charge on any atom is -0.388 e. The minimum atomic E-state index is -1.56. The summed E-state index contributed by atoms with van der Waals surface area (Å²) in [6.07, 6.45) is 2.66. The first kappa shape index (κ1) is 14.5. The highest BCUT2D eigenvalue weighted by Crippen LogP contribution is 2.63. The van der Waals surface area contributed by atoms with E-state index in [0.29, 0.717) is 6.61 Å². The van der Waals surface area contributed by atoms with Crippen LogP contribution in [0.1, 0.15) is 20.3 Å². The van der Waals surface area contributed by atoms with E-state index < -0.39 is 20.0 Å². The smallest absolute Gasteiger partial charge is 0.179 e. The van der Waals surface area contributed by atoms with E-state index in [9.17, 15) is 5.11 Å². The minimum absolute atomic E-state index is 0.167. The maximum atomic E-state index is 11.1. The molecule has 1 heterocycles. The molecule has 3 aliphatic rings. The van der Waals surface area contributed by atoms with Crippen molar-refractivity contribution in [3.05, 3.63) is 22.4 Å². The molecule has 0 aromatic heterocycles. The zero-order valence-electron chi connectivity index (χ0n) is 13.4. The van der Waals surface area contributed by atoms with Crippen LogP contribution in [0.15, 0.2) is 22.4 Å². The maximum absolute atomic E-state index is 11.1. The van der Waals surface area contributed by atoms with Gasteiger partial charge in [-0.1, -0.05) is 42.1 Å². The highest BCUT2D eigenvalue weighted by molar-refractivity contribution is 6.83. The summed E-state index contributed by atoms with van der Waals surface area (Å²) in [7, 11) is 0.177. The van der Waals surface area contributed by atoms with Gasteiger partial charge in [0.05, 0.1) is 26.2 Å². The maximum Gasteiger partial charge on any atom is 0.179 e. The van der Waals surface area contributed by atoms with Crippen LogP contribution in [-0.2, 0) is 9.47 Å². The van der Waals surface area contributed by atoms with Crippen LogP contribution in [0.25, 0.3) is 0 Å². The van der Waals surface area contributed by atoms with E-state index in [-0.39, 0.29) is 11.3 Å². The van der Waals surface area contributed by atoms with Crippen molar-refractivity contribution in [2.75, 3.05) is 13.7 Å². The van der Waals surface area contributed by atoms with Gasteiger partial charge in [0.2, 0.25) is 0 Å². The summed E-state index contributed by atoms with van der Waals surface area (Å²) in [5.41, 5.74) is 2.29. The average Bonchev–Trinajstić information content (AvgIpc) is 2.68. The molecule has 1 aliphatic heterocycles. The molecular formula is C16H26O3Si. The predicted molar refractivity (Wildman–Crippen MR) is 82.0 cm³/mol. The molecule has 20 heavy (non-hydrogen) atoms. The fraction of sp³-hybridized carbons (Fsp3) is 0.750. The number of hydrogen-bond acceptors (Lipinski definition) is 3. The highest BCUT2D eigenvalue weighted by atomic mass is 28.3. The van der Waals surface area contributed by atoms with Gasteiger partial charge in [-0.3, -0.25) is 0 Å². The van der Waals surface area contributed by atoms with Crippen LogP contribution >= 0.6 is 0 Å². The summed E-state index contributed by atoms with van der Waals surface area (Å²) in [4.78, 5) is 0. The van der Waals surface area contributed by atoms with Gasteiger partial charge in [0.25, 0.3) is 0 Å². The van der Waals surface area contributed by atoms with E-state index >= 15 is 0 Å². The van der Waals surface area contributed by atoms with Gasteiger partial charge in [-0.25, -0.2) is 0 Å². The third kappa shape index (κ3) is 1.56. The fourth-order valence-corrected chi connectivity index (χ4v) is 7.36. The van der Waals surface area contributed by atoms with Crippen molar-refractivity contribution in [3.8, 4) is 0 Å². The van der Waals surface area contributed by atoms with Gasteiger partial charge in [-0.2, -0.15) is 0 Å². The molecule has 0 saturated carbocycles. The number of aliphatic hydroxyl groups is 1. The van der Waals surface area contributed by atoms with E-state index in [0.717, 1.165) is 6.42 Å². The van der Waals surface area contributed by atoms with Crippen molar-refractivity contribution < 1.29 is 14.6 Å². The van der Waals surface area contributed by atoms with Gasteiger partial charge >= 0.3 is 0 Å². The lowest BCUT2D eigenvalue weighted by atomic mass is 9.67. The first-order valence-corrected chi connectivity index (χ1v) is 10.9. The summed E-state index contributed by atoms with van der Waals surface area (Å²) in [6.45, 7) is 11.8. The lowest BCUT2D eigenvalue weighted by molar-refractivity contribution is -0.209. The van der Waals surface area contributed by atoms with Gasteiger partial charge < -0.3 is 14.6 Å². The molecule has 0 spiro atoms. The third-order valence-electron chi connectivity index (χ3n) is 5.38.